The molecule has 2 saturated heterocycles. The van der Waals surface area contributed by atoms with Crippen LogP contribution in [0.5, 0.6) is 5.75 Å². The van der Waals surface area contributed by atoms with Gasteiger partial charge >= 0.3 is 5.97 Å². The summed E-state index contributed by atoms with van der Waals surface area (Å²) in [5, 5.41) is 99.5. The lowest BCUT2D eigenvalue weighted by Crippen LogP contribution is -2.64. The Morgan fingerprint density at radius 2 is 1.07 bits per heavy atom. The van der Waals surface area contributed by atoms with Crippen molar-refractivity contribution in [2.45, 2.75) is 294 Å². The van der Waals surface area contributed by atoms with Crippen LogP contribution in [0.25, 0.3) is 0 Å². The van der Waals surface area contributed by atoms with Crippen molar-refractivity contribution in [1.29, 1.82) is 0 Å². The standard InChI is InChI=1S/C76H128N16O24.ClH/c1-10-11-12-13-14-15-16-17-18-19-20-23-50(116-76(114)41(4)22-21-29-77)35-56(101)85-61(44(7)94)71(109)83-42(5)67(105)84-51(33-47-24-26-49(27-25-47)115-39-58(103)81-31-30-78)68(106)87-59(40(2)3)74(112)92-38-48(97)34-52(92)69(107)88-62(45(8)95)72(110)89-63(46(9)96)75(113)91-32-28-53(98)65(91)73(111)90-64(54(99)36-55(79)100)70(108)82-37-57(102)86-60(43(6)93)66(80)104;/h24-27,40-46,48,50-54,59-65,93-99H,10-23,28-39,77-78H2,1-9H3,(H2,79,100)(H2,80,104)(H,81,103)(H,82,108)(H,83,109)(H,84,105)(H,85,101)(H,86,102)(H,87,106)(H,88,107)(H,89,110)(H,90,111);1H/t41-,42+,43+,44+,45+,46+,48+,50+,51-,52-,53-,54+,59-,60-,61-,62-,63-,64-,65-;/m0./s1. The Kier molecular flexibility index (Phi) is 47.5. The van der Waals surface area contributed by atoms with Gasteiger partial charge in [0.2, 0.25) is 76.8 Å². The quantitative estimate of drug-likeness (QED) is 0.0213. The lowest BCUT2D eigenvalue weighted by atomic mass is 9.99. The maximum atomic E-state index is 14.9. The van der Waals surface area contributed by atoms with Crippen LogP contribution in [-0.2, 0) is 83.1 Å². The summed E-state index contributed by atoms with van der Waals surface area (Å²) in [5.74, 6) is -16.7. The molecule has 0 radical (unpaired) electrons. The van der Waals surface area contributed by atoms with Crippen molar-refractivity contribution in [3.63, 3.8) is 0 Å². The summed E-state index contributed by atoms with van der Waals surface area (Å²) < 4.78 is 11.5. The maximum Gasteiger partial charge on any atom is 0.308 e. The number of rotatable bonds is 54. The molecule has 25 N–H and O–H groups in total. The number of ether oxygens (including phenoxy) is 2. The molecule has 0 spiro atoms. The number of nitrogens with one attached hydrogen (secondary N) is 10. The molecule has 19 atom stereocenters. The van der Waals surface area contributed by atoms with Gasteiger partial charge in [-0.05, 0) is 96.9 Å². The molecule has 14 amide bonds. The van der Waals surface area contributed by atoms with E-state index in [4.69, 9.17) is 32.4 Å². The van der Waals surface area contributed by atoms with Gasteiger partial charge in [0.1, 0.15) is 72.3 Å². The van der Waals surface area contributed by atoms with Gasteiger partial charge < -0.3 is 131 Å². The fourth-order valence-electron chi connectivity index (χ4n) is 13.0. The molecule has 2 aliphatic heterocycles. The minimum atomic E-state index is -2.14. The van der Waals surface area contributed by atoms with Gasteiger partial charge in [-0.1, -0.05) is 104 Å². The SMILES string of the molecule is CCCCCCCCCCCCC[C@H](CC(=O)N[C@H](C(=O)N[C@H](C)C(=O)N[C@@H](Cc1ccc(OCC(=O)NCCN)cc1)C(=O)N[C@H](C(=O)N1C[C@H](O)C[C@H]1C(=O)N[C@H](C(=O)N[C@H](C(=O)N1CC[C@H](O)[C@H]1C(=O)N[C@H](C(=O)NCC(=O)N[C@H](C(N)=O)[C@@H](C)O)[C@H](O)CC(N)=O)[C@@H](C)O)[C@@H](C)O)C(C)C)[C@@H](C)O)OC(=O)[C@@H](C)CCCN.Cl. The number of esters is 1. The van der Waals surface area contributed by atoms with E-state index < -0.39 is 242 Å². The van der Waals surface area contributed by atoms with Crippen LogP contribution in [0.4, 0.5) is 0 Å². The number of nitrogens with two attached hydrogens (primary N) is 4. The highest BCUT2D eigenvalue weighted by Crippen LogP contribution is 2.25. The summed E-state index contributed by atoms with van der Waals surface area (Å²) in [7, 11) is 0. The number of aliphatic hydroxyl groups is 7. The van der Waals surface area contributed by atoms with Crippen molar-refractivity contribution < 1.29 is 117 Å². The Morgan fingerprint density at radius 3 is 1.62 bits per heavy atom. The number of benzene rings is 1. The maximum absolute atomic E-state index is 14.9. The van der Waals surface area contributed by atoms with Crippen molar-refractivity contribution in [3.05, 3.63) is 29.8 Å². The predicted octanol–water partition coefficient (Wildman–Crippen LogP) is -5.68. The number of halogens is 1. The van der Waals surface area contributed by atoms with E-state index in [-0.39, 0.29) is 57.1 Å². The lowest BCUT2D eigenvalue weighted by molar-refractivity contribution is -0.155. The zero-order valence-electron chi connectivity index (χ0n) is 68.4. The van der Waals surface area contributed by atoms with Gasteiger partial charge in [-0.3, -0.25) is 71.9 Å². The first-order valence-electron chi connectivity index (χ1n) is 39.9. The number of hydrogen-bond donors (Lipinski definition) is 21. The summed E-state index contributed by atoms with van der Waals surface area (Å²) in [5.41, 5.74) is 22.0. The molecule has 0 unspecified atom stereocenters. The molecule has 40 nitrogen and oxygen atoms in total. The molecule has 0 saturated carbocycles. The van der Waals surface area contributed by atoms with Gasteiger partial charge in [0.25, 0.3) is 5.91 Å². The molecule has 1 aromatic carbocycles. The first kappa shape index (κ1) is 104. The average Bonchev–Trinajstić information content (AvgIpc) is 1.69. The molecular formula is C76H129ClN16O24. The van der Waals surface area contributed by atoms with Crippen LogP contribution in [0.3, 0.4) is 0 Å². The number of nitrogens with zero attached hydrogens (tertiary/aromatic N) is 2. The summed E-state index contributed by atoms with van der Waals surface area (Å²) in [6.45, 7) is 11.0. The van der Waals surface area contributed by atoms with Crippen LogP contribution in [0.2, 0.25) is 0 Å². The molecule has 664 valence electrons. The summed E-state index contributed by atoms with van der Waals surface area (Å²) in [6.07, 6.45) is -2.23. The van der Waals surface area contributed by atoms with E-state index in [0.29, 0.717) is 42.7 Å². The fraction of sp³-hybridized carbons (Fsp3) is 0.724. The molecule has 3 rings (SSSR count). The largest absolute Gasteiger partial charge is 0.484 e. The van der Waals surface area contributed by atoms with Crippen molar-refractivity contribution in [2.24, 2.45) is 34.8 Å². The zero-order chi connectivity index (χ0) is 87.2. The highest BCUT2D eigenvalue weighted by Gasteiger charge is 2.48. The molecular weight excluding hydrogens is 1560 g/mol. The second-order valence-electron chi connectivity index (χ2n) is 30.3. The average molecular weight is 1690 g/mol. The number of carbonyl (C=O) groups excluding carboxylic acids is 15. The molecule has 117 heavy (non-hydrogen) atoms. The van der Waals surface area contributed by atoms with Crippen LogP contribution in [0.1, 0.15) is 183 Å². The van der Waals surface area contributed by atoms with Gasteiger partial charge in [0.15, 0.2) is 6.61 Å². The van der Waals surface area contributed by atoms with Crippen molar-refractivity contribution >= 4 is 101 Å². The summed E-state index contributed by atoms with van der Waals surface area (Å²) in [6, 6.07) is -11.8. The third-order valence-corrected chi connectivity index (χ3v) is 19.8. The molecule has 1 aromatic rings. The molecule has 2 fully saturated rings. The van der Waals surface area contributed by atoms with Crippen LogP contribution in [0, 0.1) is 11.8 Å². The van der Waals surface area contributed by atoms with Gasteiger partial charge in [-0.25, -0.2) is 0 Å². The molecule has 0 aromatic heterocycles. The van der Waals surface area contributed by atoms with E-state index in [1.807, 2.05) is 0 Å². The molecule has 2 heterocycles. The number of unbranched alkanes of at least 4 members (excludes halogenated alkanes) is 10. The number of hydrogen-bond acceptors (Lipinski definition) is 26. The zero-order valence-corrected chi connectivity index (χ0v) is 69.2. The fourth-order valence-corrected chi connectivity index (χ4v) is 13.0. The van der Waals surface area contributed by atoms with E-state index in [9.17, 15) is 108 Å². The summed E-state index contributed by atoms with van der Waals surface area (Å²) in [4.78, 5) is 206. The topological polar surface area (TPSA) is 647 Å². The molecule has 41 heteroatoms. The third-order valence-electron chi connectivity index (χ3n) is 19.8. The number of primary amides is 2. The van der Waals surface area contributed by atoms with Crippen molar-refractivity contribution in [1.82, 2.24) is 63.0 Å². The first-order valence-corrected chi connectivity index (χ1v) is 39.9. The number of carbonyl (C=O) groups is 15. The number of aliphatic hydroxyl groups excluding tert-OH is 7. The van der Waals surface area contributed by atoms with E-state index in [1.165, 1.54) is 84.1 Å². The lowest BCUT2D eigenvalue weighted by Gasteiger charge is -2.34. The second-order valence-corrected chi connectivity index (χ2v) is 30.3. The smallest absolute Gasteiger partial charge is 0.308 e. The Balaban J connectivity index is 0.0000464. The van der Waals surface area contributed by atoms with Crippen molar-refractivity contribution in [2.75, 3.05) is 45.9 Å². The third kappa shape index (κ3) is 36.0. The normalized spacial score (nSPS) is 19.0. The highest BCUT2D eigenvalue weighted by atomic mass is 35.5. The first-order chi connectivity index (χ1) is 54.7. The minimum absolute atomic E-state index is 0. The molecule has 2 aliphatic rings. The summed E-state index contributed by atoms with van der Waals surface area (Å²) >= 11 is 0. The monoisotopic (exact) mass is 1680 g/mol. The van der Waals surface area contributed by atoms with E-state index in [1.54, 1.807) is 6.92 Å². The molecule has 0 aliphatic carbocycles. The Morgan fingerprint density at radius 1 is 0.530 bits per heavy atom. The van der Waals surface area contributed by atoms with Crippen LogP contribution < -0.4 is 80.8 Å². The number of likely N-dealkylation sites (tertiary alicyclic amines) is 2. The van der Waals surface area contributed by atoms with E-state index >= 15 is 0 Å². The Bertz CT molecular complexity index is 3400. The van der Waals surface area contributed by atoms with Crippen LogP contribution in [-0.4, -0.2) is 289 Å². The second kappa shape index (κ2) is 53.4. The van der Waals surface area contributed by atoms with Gasteiger partial charge in [0, 0.05) is 39.0 Å². The highest BCUT2D eigenvalue weighted by molar-refractivity contribution is 6.00. The Hall–Kier alpha value is -9.00. The van der Waals surface area contributed by atoms with Crippen LogP contribution in [0.15, 0.2) is 24.3 Å². The number of β-amino-alcohol motifs (C(OH)–C–C–N with tert-alkyl or cyclic N) is 1. The molecule has 0 bridgehead atoms. The van der Waals surface area contributed by atoms with E-state index in [2.05, 4.69) is 60.1 Å². The van der Waals surface area contributed by atoms with Crippen LogP contribution >= 0.6 is 12.4 Å². The predicted molar refractivity (Wildman–Crippen MR) is 425 cm³/mol. The van der Waals surface area contributed by atoms with Gasteiger partial charge in [-0.2, -0.15) is 0 Å². The van der Waals surface area contributed by atoms with Crippen molar-refractivity contribution in [3.8, 4) is 5.75 Å². The minimum Gasteiger partial charge on any atom is -0.484 e. The van der Waals surface area contributed by atoms with Gasteiger partial charge in [0.05, 0.1) is 68.0 Å². The Labute approximate surface area is 688 Å². The van der Waals surface area contributed by atoms with Gasteiger partial charge in [-0.15, -0.1) is 12.4 Å². The van der Waals surface area contributed by atoms with E-state index in [0.717, 1.165) is 57.8 Å². The number of amides is 14.